The zero-order valence-corrected chi connectivity index (χ0v) is 21.0. The number of sulfonamides is 1. The van der Waals surface area contributed by atoms with Crippen molar-refractivity contribution in [2.75, 3.05) is 18.8 Å². The zero-order chi connectivity index (χ0) is 24.7. The van der Waals surface area contributed by atoms with Crippen LogP contribution in [0.5, 0.6) is 0 Å². The molecule has 0 spiro atoms. The van der Waals surface area contributed by atoms with Crippen LogP contribution in [0.2, 0.25) is 0 Å². The van der Waals surface area contributed by atoms with E-state index in [1.165, 1.54) is 23.3 Å². The molecular formula is C29H28FN3O2S. The Labute approximate surface area is 210 Å². The van der Waals surface area contributed by atoms with Crippen LogP contribution in [-0.4, -0.2) is 41.3 Å². The quantitative estimate of drug-likeness (QED) is 0.366. The summed E-state index contributed by atoms with van der Waals surface area (Å²) in [5.41, 5.74) is 5.18. The summed E-state index contributed by atoms with van der Waals surface area (Å²) in [6, 6.07) is 21.2. The van der Waals surface area contributed by atoms with Crippen molar-refractivity contribution in [3.63, 3.8) is 0 Å². The van der Waals surface area contributed by atoms with Gasteiger partial charge in [0.1, 0.15) is 5.82 Å². The molecule has 7 rings (SSSR count). The maximum atomic E-state index is 13.5. The molecule has 3 aliphatic rings. The first-order valence-electron chi connectivity index (χ1n) is 12.6. The third kappa shape index (κ3) is 3.36. The maximum absolute atomic E-state index is 13.5. The molecule has 1 saturated heterocycles. The predicted octanol–water partition coefficient (Wildman–Crippen LogP) is 5.18. The van der Waals surface area contributed by atoms with E-state index in [-0.39, 0.29) is 22.9 Å². The number of fused-ring (bicyclic) bond motifs is 2. The molecule has 2 heterocycles. The van der Waals surface area contributed by atoms with E-state index in [0.29, 0.717) is 24.9 Å². The monoisotopic (exact) mass is 501 g/mol. The number of piperidine rings is 1. The summed E-state index contributed by atoms with van der Waals surface area (Å²) in [5, 5.41) is 5.60. The van der Waals surface area contributed by atoms with Crippen LogP contribution in [0.25, 0.3) is 16.6 Å². The molecule has 2 saturated carbocycles. The SMILES string of the molecule is Cc1cc2c(cnn2-c2ccc(F)cc2)cc1C12CN(S(=O)(=O)CC3CC3)CC1C2c1ccccc1. The Morgan fingerprint density at radius 3 is 2.53 bits per heavy atom. The Morgan fingerprint density at radius 1 is 1.06 bits per heavy atom. The van der Waals surface area contributed by atoms with Gasteiger partial charge in [-0.3, -0.25) is 0 Å². The Kier molecular flexibility index (Phi) is 4.77. The van der Waals surface area contributed by atoms with Gasteiger partial charge in [0.25, 0.3) is 0 Å². The Morgan fingerprint density at radius 2 is 1.81 bits per heavy atom. The smallest absolute Gasteiger partial charge is 0.214 e. The summed E-state index contributed by atoms with van der Waals surface area (Å²) in [6.07, 6.45) is 3.91. The molecule has 3 aromatic carbocycles. The summed E-state index contributed by atoms with van der Waals surface area (Å²) >= 11 is 0. The minimum atomic E-state index is -3.26. The number of benzene rings is 3. The van der Waals surface area contributed by atoms with E-state index in [1.807, 2.05) is 16.9 Å². The summed E-state index contributed by atoms with van der Waals surface area (Å²) in [5.74, 6) is 0.908. The first-order chi connectivity index (χ1) is 17.4. The van der Waals surface area contributed by atoms with Crippen molar-refractivity contribution in [3.05, 3.63) is 95.4 Å². The fourth-order valence-electron chi connectivity index (χ4n) is 6.59. The van der Waals surface area contributed by atoms with E-state index in [4.69, 9.17) is 0 Å². The van der Waals surface area contributed by atoms with Crippen LogP contribution in [-0.2, 0) is 15.4 Å². The van der Waals surface area contributed by atoms with Crippen molar-refractivity contribution in [1.82, 2.24) is 14.1 Å². The van der Waals surface area contributed by atoms with Crippen molar-refractivity contribution >= 4 is 20.9 Å². The molecule has 184 valence electrons. The minimum Gasteiger partial charge on any atom is -0.233 e. The van der Waals surface area contributed by atoms with E-state index < -0.39 is 10.0 Å². The summed E-state index contributed by atoms with van der Waals surface area (Å²) < 4.78 is 43.5. The molecule has 5 nitrogen and oxygen atoms in total. The largest absolute Gasteiger partial charge is 0.233 e. The molecule has 3 unspecified atom stereocenters. The number of hydrogen-bond donors (Lipinski definition) is 0. The van der Waals surface area contributed by atoms with Gasteiger partial charge in [-0.15, -0.1) is 0 Å². The fourth-order valence-corrected chi connectivity index (χ4v) is 8.53. The lowest BCUT2D eigenvalue weighted by atomic mass is 9.87. The highest BCUT2D eigenvalue weighted by Gasteiger charge is 2.71. The number of rotatable bonds is 6. The first-order valence-corrected chi connectivity index (χ1v) is 14.3. The van der Waals surface area contributed by atoms with Crippen LogP contribution in [0.3, 0.4) is 0 Å². The molecular weight excluding hydrogens is 473 g/mol. The lowest BCUT2D eigenvalue weighted by Gasteiger charge is -2.25. The lowest BCUT2D eigenvalue weighted by molar-refractivity contribution is 0.420. The Hall–Kier alpha value is -3.03. The van der Waals surface area contributed by atoms with Crippen LogP contribution < -0.4 is 0 Å². The van der Waals surface area contributed by atoms with E-state index in [2.05, 4.69) is 48.4 Å². The van der Waals surface area contributed by atoms with Crippen molar-refractivity contribution in [2.45, 2.75) is 31.1 Å². The van der Waals surface area contributed by atoms with Gasteiger partial charge in [-0.05, 0) is 84.7 Å². The van der Waals surface area contributed by atoms with Gasteiger partial charge >= 0.3 is 0 Å². The molecule has 1 aromatic heterocycles. The maximum Gasteiger partial charge on any atom is 0.214 e. The molecule has 1 aliphatic heterocycles. The Bertz CT molecular complexity index is 1580. The van der Waals surface area contributed by atoms with Crippen molar-refractivity contribution < 1.29 is 12.8 Å². The summed E-state index contributed by atoms with van der Waals surface area (Å²) in [4.78, 5) is 0. The van der Waals surface area contributed by atoms with E-state index in [0.717, 1.165) is 35.0 Å². The second-order valence-corrected chi connectivity index (χ2v) is 12.8. The van der Waals surface area contributed by atoms with Gasteiger partial charge in [-0.2, -0.15) is 5.10 Å². The number of halogens is 1. The zero-order valence-electron chi connectivity index (χ0n) is 20.1. The third-order valence-electron chi connectivity index (χ3n) is 8.53. The molecule has 3 atom stereocenters. The molecule has 3 fully saturated rings. The van der Waals surface area contributed by atoms with Crippen LogP contribution in [0, 0.1) is 24.6 Å². The normalized spacial score (nSPS) is 25.8. The number of aromatic nitrogens is 2. The van der Waals surface area contributed by atoms with Gasteiger partial charge < -0.3 is 0 Å². The van der Waals surface area contributed by atoms with E-state index >= 15 is 0 Å². The van der Waals surface area contributed by atoms with Gasteiger partial charge in [0, 0.05) is 29.8 Å². The predicted molar refractivity (Wildman–Crippen MR) is 138 cm³/mol. The highest BCUT2D eigenvalue weighted by atomic mass is 32.2. The van der Waals surface area contributed by atoms with Gasteiger partial charge in [0.15, 0.2) is 0 Å². The van der Waals surface area contributed by atoms with E-state index in [1.54, 1.807) is 16.4 Å². The lowest BCUT2D eigenvalue weighted by Crippen LogP contribution is -2.36. The topological polar surface area (TPSA) is 55.2 Å². The average molecular weight is 502 g/mol. The molecule has 0 amide bonds. The third-order valence-corrected chi connectivity index (χ3v) is 10.5. The van der Waals surface area contributed by atoms with Gasteiger partial charge in [0.2, 0.25) is 10.0 Å². The molecule has 0 radical (unpaired) electrons. The van der Waals surface area contributed by atoms with Crippen LogP contribution >= 0.6 is 0 Å². The van der Waals surface area contributed by atoms with E-state index in [9.17, 15) is 12.8 Å². The van der Waals surface area contributed by atoms with Gasteiger partial charge in [-0.1, -0.05) is 30.3 Å². The number of aryl methyl sites for hydroxylation is 1. The van der Waals surface area contributed by atoms with Crippen molar-refractivity contribution in [2.24, 2.45) is 11.8 Å². The molecule has 36 heavy (non-hydrogen) atoms. The van der Waals surface area contributed by atoms with Crippen LogP contribution in [0.15, 0.2) is 72.9 Å². The first kappa shape index (κ1) is 22.2. The molecule has 7 heteroatoms. The second-order valence-electron chi connectivity index (χ2n) is 10.8. The van der Waals surface area contributed by atoms with Crippen LogP contribution in [0.4, 0.5) is 4.39 Å². The van der Waals surface area contributed by atoms with Crippen molar-refractivity contribution in [3.8, 4) is 5.69 Å². The Balaban J connectivity index is 1.31. The van der Waals surface area contributed by atoms with Crippen LogP contribution in [0.1, 0.15) is 35.4 Å². The summed E-state index contributed by atoms with van der Waals surface area (Å²) in [7, 11) is -3.26. The highest BCUT2D eigenvalue weighted by Crippen LogP contribution is 2.70. The fraction of sp³-hybridized carbons (Fsp3) is 0.345. The second kappa shape index (κ2) is 7.73. The standard InChI is InChI=1S/C29H28FN3O2S/c1-19-13-27-22(15-31-33(27)24-11-9-23(30)10-12-24)14-25(19)29-18-32(36(34,35)17-20-7-8-20)16-26(29)28(29)21-5-3-2-4-6-21/h2-6,9-15,20,26,28H,7-8,16-18H2,1H3. The molecule has 0 bridgehead atoms. The minimum absolute atomic E-state index is 0.228. The van der Waals surface area contributed by atoms with Gasteiger partial charge in [0.05, 0.1) is 23.2 Å². The average Bonchev–Trinajstić information content (AvgIpc) is 3.70. The van der Waals surface area contributed by atoms with Crippen molar-refractivity contribution in [1.29, 1.82) is 0 Å². The molecule has 0 N–H and O–H groups in total. The van der Waals surface area contributed by atoms with Gasteiger partial charge in [-0.25, -0.2) is 21.8 Å². The summed E-state index contributed by atoms with van der Waals surface area (Å²) in [6.45, 7) is 3.23. The molecule has 4 aromatic rings. The number of hydrogen-bond acceptors (Lipinski definition) is 3. The molecule has 2 aliphatic carbocycles. The highest BCUT2D eigenvalue weighted by molar-refractivity contribution is 7.89. The number of nitrogens with zero attached hydrogens (tertiary/aromatic N) is 3.